The van der Waals surface area contributed by atoms with Gasteiger partial charge in [-0.05, 0) is 30.5 Å². The smallest absolute Gasteiger partial charge is 0.226 e. The lowest BCUT2D eigenvalue weighted by Gasteiger charge is -2.27. The lowest BCUT2D eigenvalue weighted by Crippen LogP contribution is -2.51. The molecule has 0 spiro atoms. The van der Waals surface area contributed by atoms with Crippen LogP contribution in [0.1, 0.15) is 32.4 Å². The molecule has 1 aromatic carbocycles. The molecule has 0 saturated carbocycles. The lowest BCUT2D eigenvalue weighted by molar-refractivity contribution is -0.127. The zero-order chi connectivity index (χ0) is 14.5. The summed E-state index contributed by atoms with van der Waals surface area (Å²) in [6.07, 6.45) is 0. The van der Waals surface area contributed by atoms with Crippen molar-refractivity contribution in [1.29, 1.82) is 0 Å². The van der Waals surface area contributed by atoms with Crippen LogP contribution in [0.25, 0.3) is 0 Å². The molecule has 1 unspecified atom stereocenters. The van der Waals surface area contributed by atoms with Crippen LogP contribution in [0.2, 0.25) is 0 Å². The van der Waals surface area contributed by atoms with Gasteiger partial charge in [-0.15, -0.1) is 12.4 Å². The Morgan fingerprint density at radius 2 is 1.90 bits per heavy atom. The van der Waals surface area contributed by atoms with E-state index in [1.54, 1.807) is 0 Å². The average Bonchev–Trinajstić information content (AvgIpc) is 2.34. The van der Waals surface area contributed by atoms with E-state index in [9.17, 15) is 4.79 Å². The maximum atomic E-state index is 11.9. The molecule has 0 aliphatic carbocycles. The number of halogens is 1. The maximum absolute atomic E-state index is 11.9. The van der Waals surface area contributed by atoms with Crippen molar-refractivity contribution in [2.75, 3.05) is 19.7 Å². The Labute approximate surface area is 133 Å². The van der Waals surface area contributed by atoms with Crippen LogP contribution in [-0.4, -0.2) is 25.6 Å². The molecule has 1 aliphatic rings. The van der Waals surface area contributed by atoms with Gasteiger partial charge in [-0.1, -0.05) is 26.0 Å². The second-order valence-electron chi connectivity index (χ2n) is 5.86. The van der Waals surface area contributed by atoms with Gasteiger partial charge in [-0.2, -0.15) is 0 Å². The minimum absolute atomic E-state index is 0. The van der Waals surface area contributed by atoms with Crippen molar-refractivity contribution >= 4 is 18.3 Å². The fourth-order valence-electron chi connectivity index (χ4n) is 2.00. The van der Waals surface area contributed by atoms with E-state index in [0.717, 1.165) is 31.0 Å². The van der Waals surface area contributed by atoms with Gasteiger partial charge in [0.15, 0.2) is 0 Å². The van der Waals surface area contributed by atoms with E-state index in [0.29, 0.717) is 5.92 Å². The van der Waals surface area contributed by atoms with Crippen LogP contribution < -0.4 is 15.4 Å². The number of hydrogen-bond donors (Lipinski definition) is 2. The van der Waals surface area contributed by atoms with Crippen LogP contribution in [-0.2, 0) is 4.79 Å². The van der Waals surface area contributed by atoms with Gasteiger partial charge in [-0.25, -0.2) is 0 Å². The molecule has 21 heavy (non-hydrogen) atoms. The van der Waals surface area contributed by atoms with Crippen molar-refractivity contribution in [3.05, 3.63) is 29.8 Å². The molecule has 1 amide bonds. The number of hydrogen-bond acceptors (Lipinski definition) is 3. The fraction of sp³-hybridized carbons (Fsp3) is 0.562. The number of carbonyl (C=O) groups excluding carboxylic acids is 1. The molecule has 1 heterocycles. The molecule has 4 nitrogen and oxygen atoms in total. The SMILES string of the molecule is CC(C)COc1ccc(C(C)NC(=O)C2CNC2)cc1.Cl. The Morgan fingerprint density at radius 3 is 2.38 bits per heavy atom. The monoisotopic (exact) mass is 312 g/mol. The maximum Gasteiger partial charge on any atom is 0.226 e. The average molecular weight is 313 g/mol. The topological polar surface area (TPSA) is 50.4 Å². The van der Waals surface area contributed by atoms with E-state index < -0.39 is 0 Å². The highest BCUT2D eigenvalue weighted by Gasteiger charge is 2.25. The second-order valence-corrected chi connectivity index (χ2v) is 5.86. The summed E-state index contributed by atoms with van der Waals surface area (Å²) in [7, 11) is 0. The van der Waals surface area contributed by atoms with Crippen molar-refractivity contribution in [1.82, 2.24) is 10.6 Å². The Balaban J connectivity index is 0.00000220. The van der Waals surface area contributed by atoms with Gasteiger partial charge in [-0.3, -0.25) is 4.79 Å². The molecule has 1 fully saturated rings. The predicted octanol–water partition coefficient (Wildman–Crippen LogP) is 2.54. The molecular formula is C16H25ClN2O2. The summed E-state index contributed by atoms with van der Waals surface area (Å²) in [5.41, 5.74) is 1.10. The molecular weight excluding hydrogens is 288 g/mol. The fourth-order valence-corrected chi connectivity index (χ4v) is 2.00. The normalized spacial score (nSPS) is 15.8. The highest BCUT2D eigenvalue weighted by Crippen LogP contribution is 2.19. The van der Waals surface area contributed by atoms with Gasteiger partial charge >= 0.3 is 0 Å². The number of nitrogens with one attached hydrogen (secondary N) is 2. The molecule has 1 atom stereocenters. The third-order valence-electron chi connectivity index (χ3n) is 3.47. The van der Waals surface area contributed by atoms with E-state index in [-0.39, 0.29) is 30.3 Å². The number of amides is 1. The highest BCUT2D eigenvalue weighted by molar-refractivity contribution is 5.85. The Kier molecular flexibility index (Phi) is 6.99. The molecule has 5 heteroatoms. The van der Waals surface area contributed by atoms with E-state index in [4.69, 9.17) is 4.74 Å². The van der Waals surface area contributed by atoms with Crippen molar-refractivity contribution in [2.45, 2.75) is 26.8 Å². The summed E-state index contributed by atoms with van der Waals surface area (Å²) in [6.45, 7) is 8.57. The first kappa shape index (κ1) is 17.8. The summed E-state index contributed by atoms with van der Waals surface area (Å²) in [5.74, 6) is 1.66. The quantitative estimate of drug-likeness (QED) is 0.848. The molecule has 1 saturated heterocycles. The molecule has 1 aromatic rings. The minimum Gasteiger partial charge on any atom is -0.493 e. The first-order chi connectivity index (χ1) is 9.56. The van der Waals surface area contributed by atoms with Crippen LogP contribution >= 0.6 is 12.4 Å². The first-order valence-corrected chi connectivity index (χ1v) is 7.30. The molecule has 118 valence electrons. The van der Waals surface area contributed by atoms with Gasteiger partial charge < -0.3 is 15.4 Å². The van der Waals surface area contributed by atoms with Crippen LogP contribution in [0.4, 0.5) is 0 Å². The Morgan fingerprint density at radius 1 is 1.29 bits per heavy atom. The van der Waals surface area contributed by atoms with Gasteiger partial charge in [0.25, 0.3) is 0 Å². The largest absolute Gasteiger partial charge is 0.493 e. The summed E-state index contributed by atoms with van der Waals surface area (Å²) < 4.78 is 5.65. The third kappa shape index (κ3) is 5.21. The van der Waals surface area contributed by atoms with Crippen LogP contribution in [0.3, 0.4) is 0 Å². The van der Waals surface area contributed by atoms with Crippen molar-refractivity contribution in [3.8, 4) is 5.75 Å². The van der Waals surface area contributed by atoms with Gasteiger partial charge in [0, 0.05) is 13.1 Å². The molecule has 0 bridgehead atoms. The lowest BCUT2D eigenvalue weighted by atomic mass is 10.0. The van der Waals surface area contributed by atoms with Crippen molar-refractivity contribution < 1.29 is 9.53 Å². The van der Waals surface area contributed by atoms with E-state index in [1.165, 1.54) is 0 Å². The van der Waals surface area contributed by atoms with Gasteiger partial charge in [0.05, 0.1) is 18.6 Å². The number of rotatable bonds is 6. The summed E-state index contributed by atoms with van der Waals surface area (Å²) in [5, 5.41) is 6.16. The van der Waals surface area contributed by atoms with Crippen molar-refractivity contribution in [2.24, 2.45) is 11.8 Å². The predicted molar refractivity (Wildman–Crippen MR) is 86.9 cm³/mol. The van der Waals surface area contributed by atoms with E-state index in [1.807, 2.05) is 31.2 Å². The zero-order valence-corrected chi connectivity index (χ0v) is 13.7. The molecule has 0 radical (unpaired) electrons. The van der Waals surface area contributed by atoms with Crippen LogP contribution in [0, 0.1) is 11.8 Å². The van der Waals surface area contributed by atoms with Crippen LogP contribution in [0.15, 0.2) is 24.3 Å². The third-order valence-corrected chi connectivity index (χ3v) is 3.47. The molecule has 1 aliphatic heterocycles. The summed E-state index contributed by atoms with van der Waals surface area (Å²) >= 11 is 0. The van der Waals surface area contributed by atoms with E-state index >= 15 is 0 Å². The minimum atomic E-state index is 0. The number of ether oxygens (including phenoxy) is 1. The Bertz CT molecular complexity index is 444. The molecule has 2 N–H and O–H groups in total. The standard InChI is InChI=1S/C16H24N2O2.ClH/c1-11(2)10-20-15-6-4-13(5-7-15)12(3)18-16(19)14-8-17-9-14;/h4-7,11-12,14,17H,8-10H2,1-3H3,(H,18,19);1H. The molecule has 0 aromatic heterocycles. The Hall–Kier alpha value is -1.26. The van der Waals surface area contributed by atoms with E-state index in [2.05, 4.69) is 24.5 Å². The second kappa shape index (κ2) is 8.25. The van der Waals surface area contributed by atoms with Gasteiger partial charge in [0.1, 0.15) is 5.75 Å². The highest BCUT2D eigenvalue weighted by atomic mass is 35.5. The van der Waals surface area contributed by atoms with Crippen LogP contribution in [0.5, 0.6) is 5.75 Å². The molecule has 2 rings (SSSR count). The first-order valence-electron chi connectivity index (χ1n) is 7.30. The number of benzene rings is 1. The van der Waals surface area contributed by atoms with Gasteiger partial charge in [0.2, 0.25) is 5.91 Å². The summed E-state index contributed by atoms with van der Waals surface area (Å²) in [6, 6.07) is 7.98. The summed E-state index contributed by atoms with van der Waals surface area (Å²) in [4.78, 5) is 11.9. The number of carbonyl (C=O) groups is 1. The zero-order valence-electron chi connectivity index (χ0n) is 12.9. The van der Waals surface area contributed by atoms with Crippen molar-refractivity contribution in [3.63, 3.8) is 0 Å².